The third kappa shape index (κ3) is 0.907. The average molecular weight is 140 g/mol. The number of phenols is 2. The first-order valence-corrected chi connectivity index (χ1v) is 2.68. The van der Waals surface area contributed by atoms with E-state index in [1.807, 2.05) is 0 Å². The van der Waals surface area contributed by atoms with Gasteiger partial charge in [-0.05, 0) is 0 Å². The first-order valence-electron chi connectivity index (χ1n) is 2.68. The molecule has 10 heavy (non-hydrogen) atoms. The molecule has 0 aliphatic heterocycles. The summed E-state index contributed by atoms with van der Waals surface area (Å²) in [6.45, 7) is 0. The van der Waals surface area contributed by atoms with Crippen LogP contribution in [0.2, 0.25) is 0 Å². The summed E-state index contributed by atoms with van der Waals surface area (Å²) in [5, 5.41) is 17.8. The molecule has 0 aliphatic rings. The largest absolute Gasteiger partial charge is 0.506 e. The van der Waals surface area contributed by atoms with Crippen LogP contribution in [0.25, 0.3) is 0 Å². The number of nitrogens with two attached hydrogens (primary N) is 2. The second-order valence-electron chi connectivity index (χ2n) is 1.97. The summed E-state index contributed by atoms with van der Waals surface area (Å²) < 4.78 is 0. The molecule has 1 aromatic carbocycles. The summed E-state index contributed by atoms with van der Waals surface area (Å²) in [4.78, 5) is 0. The first-order chi connectivity index (χ1) is 4.61. The van der Waals surface area contributed by atoms with Crippen LogP contribution in [0.3, 0.4) is 0 Å². The number of nitrogen functional groups attached to an aromatic ring is 2. The van der Waals surface area contributed by atoms with Gasteiger partial charge in [0.2, 0.25) is 0 Å². The van der Waals surface area contributed by atoms with Gasteiger partial charge in [-0.15, -0.1) is 0 Å². The Morgan fingerprint density at radius 3 is 1.50 bits per heavy atom. The maximum atomic E-state index is 8.91. The van der Waals surface area contributed by atoms with Crippen molar-refractivity contribution in [3.8, 4) is 11.5 Å². The van der Waals surface area contributed by atoms with Crippen LogP contribution < -0.4 is 11.5 Å². The summed E-state index contributed by atoms with van der Waals surface area (Å²) in [6, 6.07) is 2.40. The SMILES string of the molecule is Nc1cc(O)c(N)cc1O. The van der Waals surface area contributed by atoms with E-state index in [2.05, 4.69) is 0 Å². The topological polar surface area (TPSA) is 92.5 Å². The van der Waals surface area contributed by atoms with Gasteiger partial charge in [-0.2, -0.15) is 0 Å². The highest BCUT2D eigenvalue weighted by Crippen LogP contribution is 2.30. The zero-order valence-corrected chi connectivity index (χ0v) is 5.20. The van der Waals surface area contributed by atoms with Crippen molar-refractivity contribution in [2.24, 2.45) is 0 Å². The van der Waals surface area contributed by atoms with E-state index >= 15 is 0 Å². The minimum atomic E-state index is -0.115. The van der Waals surface area contributed by atoms with Crippen LogP contribution in [0.4, 0.5) is 11.4 Å². The Kier molecular flexibility index (Phi) is 1.30. The lowest BCUT2D eigenvalue weighted by molar-refractivity contribution is 0.465. The second kappa shape index (κ2) is 1.98. The zero-order valence-electron chi connectivity index (χ0n) is 5.20. The molecule has 0 saturated carbocycles. The Labute approximate surface area is 57.7 Å². The van der Waals surface area contributed by atoms with Crippen LogP contribution in [-0.2, 0) is 0 Å². The van der Waals surface area contributed by atoms with Gasteiger partial charge in [-0.25, -0.2) is 0 Å². The summed E-state index contributed by atoms with van der Waals surface area (Å²) in [7, 11) is 0. The number of rotatable bonds is 0. The van der Waals surface area contributed by atoms with Crippen molar-refractivity contribution in [3.63, 3.8) is 0 Å². The van der Waals surface area contributed by atoms with Gasteiger partial charge >= 0.3 is 0 Å². The predicted molar refractivity (Wildman–Crippen MR) is 38.6 cm³/mol. The van der Waals surface area contributed by atoms with Crippen LogP contribution in [0, 0.1) is 0 Å². The van der Waals surface area contributed by atoms with Gasteiger partial charge < -0.3 is 21.7 Å². The fraction of sp³-hybridized carbons (Fsp3) is 0. The van der Waals surface area contributed by atoms with E-state index < -0.39 is 0 Å². The molecule has 0 aromatic heterocycles. The molecule has 0 amide bonds. The van der Waals surface area contributed by atoms with Gasteiger partial charge in [0.15, 0.2) is 0 Å². The smallest absolute Gasteiger partial charge is 0.140 e. The van der Waals surface area contributed by atoms with Crippen molar-refractivity contribution in [2.75, 3.05) is 11.5 Å². The van der Waals surface area contributed by atoms with Crippen LogP contribution in [0.15, 0.2) is 12.1 Å². The molecule has 4 heteroatoms. The van der Waals surface area contributed by atoms with Gasteiger partial charge in [0.25, 0.3) is 0 Å². The Morgan fingerprint density at radius 2 is 1.20 bits per heavy atom. The molecule has 1 rings (SSSR count). The van der Waals surface area contributed by atoms with Gasteiger partial charge in [-0.1, -0.05) is 0 Å². The van der Waals surface area contributed by atoms with E-state index in [4.69, 9.17) is 21.7 Å². The molecule has 6 N–H and O–H groups in total. The van der Waals surface area contributed by atoms with Crippen molar-refractivity contribution < 1.29 is 10.2 Å². The number of aromatic hydroxyl groups is 2. The molecule has 0 aliphatic carbocycles. The van der Waals surface area contributed by atoms with E-state index in [9.17, 15) is 0 Å². The van der Waals surface area contributed by atoms with Crippen molar-refractivity contribution in [1.29, 1.82) is 0 Å². The van der Waals surface area contributed by atoms with Crippen molar-refractivity contribution >= 4 is 11.4 Å². The maximum absolute atomic E-state index is 8.91. The van der Waals surface area contributed by atoms with Crippen molar-refractivity contribution in [3.05, 3.63) is 12.1 Å². The standard InChI is InChI=1S/C6H8N2O2/c7-3-1-5(9)4(8)2-6(3)10/h1-2,9-10H,7-8H2. The maximum Gasteiger partial charge on any atom is 0.140 e. The molecule has 54 valence electrons. The quantitative estimate of drug-likeness (QED) is 0.236. The van der Waals surface area contributed by atoms with Gasteiger partial charge in [0.05, 0.1) is 11.4 Å². The van der Waals surface area contributed by atoms with E-state index in [0.717, 1.165) is 0 Å². The van der Waals surface area contributed by atoms with Crippen LogP contribution in [0.5, 0.6) is 11.5 Å². The summed E-state index contributed by atoms with van der Waals surface area (Å²) in [5.41, 5.74) is 10.7. The number of benzene rings is 1. The molecule has 0 spiro atoms. The third-order valence-electron chi connectivity index (χ3n) is 1.18. The zero-order chi connectivity index (χ0) is 7.72. The molecular formula is C6H8N2O2. The Bertz CT molecular complexity index is 210. The monoisotopic (exact) mass is 140 g/mol. The predicted octanol–water partition coefficient (Wildman–Crippen LogP) is 0.262. The summed E-state index contributed by atoms with van der Waals surface area (Å²) in [5.74, 6) is -0.231. The normalized spacial score (nSPS) is 9.60. The van der Waals surface area contributed by atoms with Crippen LogP contribution >= 0.6 is 0 Å². The molecule has 0 fully saturated rings. The highest BCUT2D eigenvalue weighted by molar-refractivity contribution is 5.66. The number of phenolic OH excluding ortho intramolecular Hbond substituents is 2. The van der Waals surface area contributed by atoms with Crippen molar-refractivity contribution in [2.45, 2.75) is 0 Å². The lowest BCUT2D eigenvalue weighted by atomic mass is 10.2. The fourth-order valence-corrected chi connectivity index (χ4v) is 0.609. The van der Waals surface area contributed by atoms with Crippen molar-refractivity contribution in [1.82, 2.24) is 0 Å². The fourth-order valence-electron chi connectivity index (χ4n) is 0.609. The molecule has 4 nitrogen and oxygen atoms in total. The second-order valence-corrected chi connectivity index (χ2v) is 1.97. The Morgan fingerprint density at radius 1 is 0.900 bits per heavy atom. The van der Waals surface area contributed by atoms with E-state index in [1.54, 1.807) is 0 Å². The highest BCUT2D eigenvalue weighted by Gasteiger charge is 2.01. The highest BCUT2D eigenvalue weighted by atomic mass is 16.3. The molecule has 0 heterocycles. The van der Waals surface area contributed by atoms with E-state index in [1.165, 1.54) is 12.1 Å². The van der Waals surface area contributed by atoms with Gasteiger partial charge in [-0.3, -0.25) is 0 Å². The molecule has 0 bridgehead atoms. The van der Waals surface area contributed by atoms with Gasteiger partial charge in [0.1, 0.15) is 11.5 Å². The molecule has 1 aromatic rings. The summed E-state index contributed by atoms with van der Waals surface area (Å²) in [6.07, 6.45) is 0. The Hall–Kier alpha value is -1.58. The third-order valence-corrected chi connectivity index (χ3v) is 1.18. The molecular weight excluding hydrogens is 132 g/mol. The molecule has 0 unspecified atom stereocenters. The molecule has 0 radical (unpaired) electrons. The first kappa shape index (κ1) is 6.54. The van der Waals surface area contributed by atoms with Crippen LogP contribution in [0.1, 0.15) is 0 Å². The number of hydrogen-bond donors (Lipinski definition) is 4. The molecule has 0 saturated heterocycles. The van der Waals surface area contributed by atoms with E-state index in [0.29, 0.717) is 0 Å². The minimum absolute atomic E-state index is 0.115. The lowest BCUT2D eigenvalue weighted by Crippen LogP contribution is -1.89. The Balaban J connectivity index is 3.28. The minimum Gasteiger partial charge on any atom is -0.506 e. The molecule has 0 atom stereocenters. The number of anilines is 2. The van der Waals surface area contributed by atoms with Gasteiger partial charge in [0, 0.05) is 12.1 Å². The average Bonchev–Trinajstić information content (AvgIpc) is 1.84. The van der Waals surface area contributed by atoms with E-state index in [-0.39, 0.29) is 22.9 Å². The summed E-state index contributed by atoms with van der Waals surface area (Å²) >= 11 is 0. The van der Waals surface area contributed by atoms with Crippen LogP contribution in [-0.4, -0.2) is 10.2 Å². The lowest BCUT2D eigenvalue weighted by Gasteiger charge is -2.01. The number of hydrogen-bond acceptors (Lipinski definition) is 4.